The Bertz CT molecular complexity index is 905. The first-order valence-electron chi connectivity index (χ1n) is 7.88. The van der Waals surface area contributed by atoms with Crippen molar-refractivity contribution >= 4 is 33.1 Å². The van der Waals surface area contributed by atoms with Crippen molar-refractivity contribution in [1.82, 2.24) is 9.80 Å². The summed E-state index contributed by atoms with van der Waals surface area (Å²) in [5.74, 6) is 0.249. The normalized spacial score (nSPS) is 14.7. The average molecular weight is 377 g/mol. The maximum absolute atomic E-state index is 12.6. The van der Waals surface area contributed by atoms with E-state index in [1.807, 2.05) is 24.4 Å². The van der Waals surface area contributed by atoms with Crippen molar-refractivity contribution in [2.45, 2.75) is 18.4 Å². The van der Waals surface area contributed by atoms with Crippen molar-refractivity contribution in [2.24, 2.45) is 4.40 Å². The Morgan fingerprint density at radius 1 is 1.20 bits per heavy atom. The van der Waals surface area contributed by atoms with Gasteiger partial charge in [0.1, 0.15) is 4.90 Å². The fourth-order valence-electron chi connectivity index (χ4n) is 2.71. The number of fused-ring (bicyclic) bond motifs is 1. The average Bonchev–Trinajstić information content (AvgIpc) is 3.19. The number of sulfonamides is 1. The van der Waals surface area contributed by atoms with E-state index in [1.165, 1.54) is 6.07 Å². The molecule has 2 heterocycles. The zero-order valence-corrected chi connectivity index (χ0v) is 15.7. The van der Waals surface area contributed by atoms with E-state index in [-0.39, 0.29) is 17.3 Å². The molecular formula is C17H19N3O3S2. The fraction of sp³-hybridized carbons (Fsp3) is 0.294. The minimum Gasteiger partial charge on any atom is -0.349 e. The van der Waals surface area contributed by atoms with Gasteiger partial charge >= 0.3 is 0 Å². The van der Waals surface area contributed by atoms with Crippen LogP contribution in [0, 0.1) is 0 Å². The van der Waals surface area contributed by atoms with Crippen LogP contribution in [0.1, 0.15) is 17.4 Å². The number of hydrogen-bond acceptors (Lipinski definition) is 5. The van der Waals surface area contributed by atoms with Gasteiger partial charge in [-0.3, -0.25) is 4.79 Å². The Morgan fingerprint density at radius 2 is 1.96 bits per heavy atom. The second-order valence-electron chi connectivity index (χ2n) is 5.73. The number of likely N-dealkylation sites (N-methyl/N-ethyl adjacent to an activating group) is 2. The molecule has 0 saturated carbocycles. The number of carbonyl (C=O) groups is 1. The maximum Gasteiger partial charge on any atom is 0.285 e. The van der Waals surface area contributed by atoms with Crippen LogP contribution in [0.3, 0.4) is 0 Å². The van der Waals surface area contributed by atoms with Gasteiger partial charge in [-0.2, -0.15) is 8.42 Å². The lowest BCUT2D eigenvalue weighted by Crippen LogP contribution is -2.40. The Labute approximate surface area is 151 Å². The van der Waals surface area contributed by atoms with Crippen LogP contribution >= 0.6 is 11.3 Å². The molecule has 1 aliphatic heterocycles. The number of thiophene rings is 1. The number of benzene rings is 1. The van der Waals surface area contributed by atoms with Gasteiger partial charge in [-0.25, -0.2) is 0 Å². The van der Waals surface area contributed by atoms with Gasteiger partial charge in [0.25, 0.3) is 10.0 Å². The van der Waals surface area contributed by atoms with Crippen molar-refractivity contribution in [1.29, 1.82) is 0 Å². The minimum atomic E-state index is -3.68. The van der Waals surface area contributed by atoms with Gasteiger partial charge in [0.05, 0.1) is 13.1 Å². The molecule has 3 rings (SSSR count). The van der Waals surface area contributed by atoms with Gasteiger partial charge in [-0.1, -0.05) is 18.2 Å². The summed E-state index contributed by atoms with van der Waals surface area (Å²) in [5, 5.41) is 1.98. The molecule has 132 valence electrons. The standard InChI is InChI=1S/C17H19N3O3S2/c1-3-20(11-13-7-6-10-24-13)16(21)12-19(2)17-14-8-4-5-9-15(14)25(22,23)18-17/h4-10H,3,11-12H2,1-2H3. The van der Waals surface area contributed by atoms with Gasteiger partial charge in [0.2, 0.25) is 5.91 Å². The van der Waals surface area contributed by atoms with Gasteiger partial charge < -0.3 is 9.80 Å². The molecule has 0 N–H and O–H groups in total. The van der Waals surface area contributed by atoms with Crippen LogP contribution in [-0.2, 0) is 21.4 Å². The summed E-state index contributed by atoms with van der Waals surface area (Å²) >= 11 is 1.61. The molecule has 6 nitrogen and oxygen atoms in total. The SMILES string of the molecule is CCN(Cc1cccs1)C(=O)CN(C)C1=NS(=O)(=O)c2ccccc21. The molecule has 25 heavy (non-hydrogen) atoms. The van der Waals surface area contributed by atoms with E-state index in [4.69, 9.17) is 0 Å². The van der Waals surface area contributed by atoms with Gasteiger partial charge in [0, 0.05) is 24.0 Å². The molecule has 0 atom stereocenters. The zero-order chi connectivity index (χ0) is 18.0. The number of nitrogens with zero attached hydrogens (tertiary/aromatic N) is 3. The molecule has 1 aromatic heterocycles. The molecule has 1 amide bonds. The van der Waals surface area contributed by atoms with Crippen molar-refractivity contribution in [3.05, 3.63) is 52.2 Å². The third kappa shape index (κ3) is 3.59. The second-order valence-corrected chi connectivity index (χ2v) is 8.33. The van der Waals surface area contributed by atoms with Crippen molar-refractivity contribution in [3.63, 3.8) is 0 Å². The highest BCUT2D eigenvalue weighted by Crippen LogP contribution is 2.26. The van der Waals surface area contributed by atoms with Gasteiger partial charge in [-0.15, -0.1) is 15.7 Å². The van der Waals surface area contributed by atoms with Crippen LogP contribution in [0.15, 0.2) is 51.1 Å². The van der Waals surface area contributed by atoms with E-state index in [0.717, 1.165) is 4.88 Å². The predicted molar refractivity (Wildman–Crippen MR) is 98.2 cm³/mol. The quantitative estimate of drug-likeness (QED) is 0.801. The first-order valence-corrected chi connectivity index (χ1v) is 10.2. The number of hydrogen-bond donors (Lipinski definition) is 0. The van der Waals surface area contributed by atoms with Gasteiger partial charge in [0.15, 0.2) is 5.84 Å². The summed E-state index contributed by atoms with van der Waals surface area (Å²) in [6.07, 6.45) is 0. The number of amidine groups is 1. The highest BCUT2D eigenvalue weighted by Gasteiger charge is 2.31. The van der Waals surface area contributed by atoms with Crippen LogP contribution in [0.25, 0.3) is 0 Å². The monoisotopic (exact) mass is 377 g/mol. The summed E-state index contributed by atoms with van der Waals surface area (Å²) in [4.78, 5) is 17.3. The molecular weight excluding hydrogens is 358 g/mol. The second kappa shape index (κ2) is 6.97. The molecule has 1 aromatic carbocycles. The molecule has 0 saturated heterocycles. The zero-order valence-electron chi connectivity index (χ0n) is 14.0. The lowest BCUT2D eigenvalue weighted by atomic mass is 10.2. The molecule has 0 fully saturated rings. The van der Waals surface area contributed by atoms with Crippen LogP contribution in [0.2, 0.25) is 0 Å². The molecule has 2 aromatic rings. The maximum atomic E-state index is 12.6. The first kappa shape index (κ1) is 17.6. The predicted octanol–water partition coefficient (Wildman–Crippen LogP) is 2.18. The third-order valence-electron chi connectivity index (χ3n) is 4.01. The van der Waals surface area contributed by atoms with Gasteiger partial charge in [-0.05, 0) is 30.5 Å². The number of rotatable bonds is 5. The summed E-state index contributed by atoms with van der Waals surface area (Å²) in [5.41, 5.74) is 0.541. The smallest absolute Gasteiger partial charge is 0.285 e. The summed E-state index contributed by atoms with van der Waals surface area (Å²) in [6, 6.07) is 10.6. The number of carbonyl (C=O) groups excluding carboxylic acids is 1. The first-order chi connectivity index (χ1) is 11.9. The molecule has 0 unspecified atom stereocenters. The van der Waals surface area contributed by atoms with Crippen LogP contribution in [0.5, 0.6) is 0 Å². The largest absolute Gasteiger partial charge is 0.349 e. The van der Waals surface area contributed by atoms with E-state index < -0.39 is 10.0 Å². The van der Waals surface area contributed by atoms with Crippen molar-refractivity contribution in [2.75, 3.05) is 20.1 Å². The Morgan fingerprint density at radius 3 is 2.64 bits per heavy atom. The molecule has 8 heteroatoms. The molecule has 0 aliphatic carbocycles. The summed E-state index contributed by atoms with van der Waals surface area (Å²) in [6.45, 7) is 3.15. The Hall–Kier alpha value is -2.19. The van der Waals surface area contributed by atoms with Crippen LogP contribution in [-0.4, -0.2) is 50.1 Å². The van der Waals surface area contributed by atoms with E-state index in [9.17, 15) is 13.2 Å². The van der Waals surface area contributed by atoms with Crippen LogP contribution < -0.4 is 0 Å². The van der Waals surface area contributed by atoms with Crippen LogP contribution in [0.4, 0.5) is 0 Å². The lowest BCUT2D eigenvalue weighted by Gasteiger charge is -2.25. The van der Waals surface area contributed by atoms with E-state index in [1.54, 1.807) is 46.4 Å². The lowest BCUT2D eigenvalue weighted by molar-refractivity contribution is -0.131. The molecule has 0 radical (unpaired) electrons. The summed E-state index contributed by atoms with van der Waals surface area (Å²) < 4.78 is 28.1. The Balaban J connectivity index is 1.76. The fourth-order valence-corrected chi connectivity index (χ4v) is 4.68. The van der Waals surface area contributed by atoms with E-state index >= 15 is 0 Å². The van der Waals surface area contributed by atoms with Crippen molar-refractivity contribution < 1.29 is 13.2 Å². The highest BCUT2D eigenvalue weighted by atomic mass is 32.2. The third-order valence-corrected chi connectivity index (χ3v) is 6.19. The molecule has 1 aliphatic rings. The molecule has 0 bridgehead atoms. The van der Waals surface area contributed by atoms with E-state index in [2.05, 4.69) is 4.40 Å². The summed E-state index contributed by atoms with van der Waals surface area (Å²) in [7, 11) is -1.99. The topological polar surface area (TPSA) is 70.1 Å². The number of amides is 1. The van der Waals surface area contributed by atoms with Crippen molar-refractivity contribution in [3.8, 4) is 0 Å². The Kier molecular flexibility index (Phi) is 4.91. The minimum absolute atomic E-state index is 0.0668. The van der Waals surface area contributed by atoms with E-state index in [0.29, 0.717) is 24.5 Å². The molecule has 0 spiro atoms. The highest BCUT2D eigenvalue weighted by molar-refractivity contribution is 7.90.